The smallest absolute Gasteiger partial charge is 0.251 e. The number of benzene rings is 2. The maximum atomic E-state index is 12.2. The first-order valence-electron chi connectivity index (χ1n) is 7.75. The molecule has 3 amide bonds. The lowest BCUT2D eigenvalue weighted by Gasteiger charge is -2.23. The second kappa shape index (κ2) is 7.40. The Morgan fingerprint density at radius 3 is 2.56 bits per heavy atom. The Morgan fingerprint density at radius 1 is 1.12 bits per heavy atom. The summed E-state index contributed by atoms with van der Waals surface area (Å²) in [5.41, 5.74) is 1.87. The fourth-order valence-electron chi connectivity index (χ4n) is 2.46. The van der Waals surface area contributed by atoms with Crippen LogP contribution < -0.4 is 16.0 Å². The molecular weight excluding hydrogens is 338 g/mol. The average Bonchev–Trinajstić information content (AvgIpc) is 2.62. The third kappa shape index (κ3) is 4.00. The van der Waals surface area contributed by atoms with Gasteiger partial charge in [-0.25, -0.2) is 0 Å². The second-order valence-electron chi connectivity index (χ2n) is 5.50. The van der Waals surface area contributed by atoms with Crippen molar-refractivity contribution < 1.29 is 14.4 Å². The lowest BCUT2D eigenvalue weighted by molar-refractivity contribution is -0.120. The molecule has 0 bridgehead atoms. The van der Waals surface area contributed by atoms with Crippen LogP contribution in [0.25, 0.3) is 0 Å². The van der Waals surface area contributed by atoms with Gasteiger partial charge in [0.05, 0.1) is 10.9 Å². The molecule has 2 aromatic rings. The van der Waals surface area contributed by atoms with Gasteiger partial charge in [0.2, 0.25) is 11.8 Å². The van der Waals surface area contributed by atoms with Crippen molar-refractivity contribution in [3.8, 4) is 0 Å². The largest absolute Gasteiger partial charge is 0.355 e. The summed E-state index contributed by atoms with van der Waals surface area (Å²) in [5.74, 6) is -0.611. The number of anilines is 2. The minimum Gasteiger partial charge on any atom is -0.355 e. The van der Waals surface area contributed by atoms with Gasteiger partial charge < -0.3 is 16.0 Å². The molecule has 0 aliphatic carbocycles. The third-order valence-electron chi connectivity index (χ3n) is 3.74. The first-order valence-corrected chi connectivity index (χ1v) is 8.63. The van der Waals surface area contributed by atoms with Crippen molar-refractivity contribution in [3.63, 3.8) is 0 Å². The molecule has 0 saturated heterocycles. The van der Waals surface area contributed by atoms with Crippen LogP contribution in [0.2, 0.25) is 0 Å². The molecule has 1 atom stereocenters. The number of rotatable bonds is 4. The van der Waals surface area contributed by atoms with Crippen molar-refractivity contribution >= 4 is 40.9 Å². The van der Waals surface area contributed by atoms with Gasteiger partial charge in [-0.2, -0.15) is 0 Å². The Bertz CT molecular complexity index is 821. The molecule has 128 valence electrons. The highest BCUT2D eigenvalue weighted by Crippen LogP contribution is 2.36. The Hall–Kier alpha value is -2.80. The predicted octanol–water partition coefficient (Wildman–Crippen LogP) is 2.49. The van der Waals surface area contributed by atoms with Gasteiger partial charge in [-0.1, -0.05) is 12.1 Å². The van der Waals surface area contributed by atoms with Crippen LogP contribution in [0.5, 0.6) is 0 Å². The topological polar surface area (TPSA) is 87.3 Å². The summed E-state index contributed by atoms with van der Waals surface area (Å²) in [5, 5.41) is 7.64. The summed E-state index contributed by atoms with van der Waals surface area (Å²) in [6.07, 6.45) is 0.0715. The van der Waals surface area contributed by atoms with Crippen molar-refractivity contribution in [2.45, 2.75) is 16.6 Å². The lowest BCUT2D eigenvalue weighted by atomic mass is 10.2. The lowest BCUT2D eigenvalue weighted by Crippen LogP contribution is -2.32. The monoisotopic (exact) mass is 355 g/mol. The van der Waals surface area contributed by atoms with Gasteiger partial charge in [0, 0.05) is 29.6 Å². The molecule has 3 rings (SSSR count). The van der Waals surface area contributed by atoms with Crippen molar-refractivity contribution in [2.75, 3.05) is 17.7 Å². The third-order valence-corrected chi connectivity index (χ3v) is 5.01. The molecule has 3 N–H and O–H groups in total. The van der Waals surface area contributed by atoms with E-state index in [1.165, 1.54) is 11.8 Å². The van der Waals surface area contributed by atoms with Gasteiger partial charge in [0.15, 0.2) is 0 Å². The minimum atomic E-state index is -0.472. The van der Waals surface area contributed by atoms with Crippen LogP contribution in [-0.2, 0) is 9.59 Å². The molecule has 0 aromatic heterocycles. The van der Waals surface area contributed by atoms with Crippen molar-refractivity contribution in [1.29, 1.82) is 0 Å². The number of hydrogen-bond donors (Lipinski definition) is 3. The summed E-state index contributed by atoms with van der Waals surface area (Å²) in [4.78, 5) is 36.8. The molecular formula is C18H17N3O3S. The average molecular weight is 355 g/mol. The first-order chi connectivity index (χ1) is 12.1. The predicted molar refractivity (Wildman–Crippen MR) is 97.8 cm³/mol. The molecule has 0 spiro atoms. The Labute approximate surface area is 149 Å². The maximum Gasteiger partial charge on any atom is 0.251 e. The summed E-state index contributed by atoms with van der Waals surface area (Å²) < 4.78 is 0. The normalized spacial score (nSPS) is 15.7. The van der Waals surface area contributed by atoms with Crippen LogP contribution in [-0.4, -0.2) is 30.0 Å². The summed E-state index contributed by atoms with van der Waals surface area (Å²) in [6, 6.07) is 14.1. The van der Waals surface area contributed by atoms with Crippen LogP contribution in [0.3, 0.4) is 0 Å². The quantitative estimate of drug-likeness (QED) is 0.786. The number of para-hydroxylation sites is 1. The van der Waals surface area contributed by atoms with E-state index in [4.69, 9.17) is 0 Å². The first kappa shape index (κ1) is 17.0. The summed E-state index contributed by atoms with van der Waals surface area (Å²) >= 11 is 1.39. The number of amides is 3. The molecule has 1 aliphatic heterocycles. The number of hydrogen-bond acceptors (Lipinski definition) is 4. The molecule has 0 fully saturated rings. The fourth-order valence-corrected chi connectivity index (χ4v) is 3.57. The molecule has 2 aromatic carbocycles. The zero-order chi connectivity index (χ0) is 17.8. The molecule has 0 saturated carbocycles. The van der Waals surface area contributed by atoms with E-state index in [1.54, 1.807) is 31.3 Å². The van der Waals surface area contributed by atoms with Gasteiger partial charge in [-0.05, 0) is 36.4 Å². The highest BCUT2D eigenvalue weighted by molar-refractivity contribution is 8.01. The van der Waals surface area contributed by atoms with Crippen LogP contribution >= 0.6 is 11.8 Å². The zero-order valence-electron chi connectivity index (χ0n) is 13.5. The van der Waals surface area contributed by atoms with E-state index in [9.17, 15) is 14.4 Å². The number of carbonyl (C=O) groups is 3. The number of nitrogens with one attached hydrogen (secondary N) is 3. The standard InChI is InChI=1S/C18H17N3O3S/c1-19-17(23)11-6-8-12(9-7-11)20-16(22)10-15-18(24)21-13-4-2-3-5-14(13)25-15/h2-9,15H,10H2,1H3,(H,19,23)(H,20,22)(H,21,24)/t15-/m1/s1. The van der Waals surface area contributed by atoms with Gasteiger partial charge in [-0.3, -0.25) is 14.4 Å². The number of carbonyl (C=O) groups excluding carboxylic acids is 3. The van der Waals surface area contributed by atoms with E-state index < -0.39 is 5.25 Å². The molecule has 0 unspecified atom stereocenters. The van der Waals surface area contributed by atoms with Crippen LogP contribution in [0.4, 0.5) is 11.4 Å². The van der Waals surface area contributed by atoms with Crippen molar-refractivity contribution in [3.05, 3.63) is 54.1 Å². The SMILES string of the molecule is CNC(=O)c1ccc(NC(=O)C[C@H]2Sc3ccccc3NC2=O)cc1. The van der Waals surface area contributed by atoms with Gasteiger partial charge in [0.25, 0.3) is 5.91 Å². The molecule has 1 aliphatic rings. The van der Waals surface area contributed by atoms with E-state index in [0.29, 0.717) is 11.3 Å². The maximum absolute atomic E-state index is 12.2. The van der Waals surface area contributed by atoms with E-state index in [-0.39, 0.29) is 24.1 Å². The molecule has 25 heavy (non-hydrogen) atoms. The Morgan fingerprint density at radius 2 is 1.84 bits per heavy atom. The summed E-state index contributed by atoms with van der Waals surface area (Å²) in [7, 11) is 1.56. The van der Waals surface area contributed by atoms with Crippen molar-refractivity contribution in [1.82, 2.24) is 5.32 Å². The van der Waals surface area contributed by atoms with Gasteiger partial charge in [-0.15, -0.1) is 11.8 Å². The number of fused-ring (bicyclic) bond motifs is 1. The van der Waals surface area contributed by atoms with Gasteiger partial charge >= 0.3 is 0 Å². The van der Waals surface area contributed by atoms with Crippen LogP contribution in [0.15, 0.2) is 53.4 Å². The zero-order valence-corrected chi connectivity index (χ0v) is 14.4. The van der Waals surface area contributed by atoms with Gasteiger partial charge in [0.1, 0.15) is 0 Å². The van der Waals surface area contributed by atoms with Crippen molar-refractivity contribution in [2.24, 2.45) is 0 Å². The molecule has 0 radical (unpaired) electrons. The highest BCUT2D eigenvalue weighted by Gasteiger charge is 2.28. The highest BCUT2D eigenvalue weighted by atomic mass is 32.2. The molecule has 7 heteroatoms. The van der Waals surface area contributed by atoms with E-state index in [0.717, 1.165) is 10.6 Å². The molecule has 6 nitrogen and oxygen atoms in total. The van der Waals surface area contributed by atoms with E-state index in [1.807, 2.05) is 24.3 Å². The fraction of sp³-hybridized carbons (Fsp3) is 0.167. The number of thioether (sulfide) groups is 1. The second-order valence-corrected chi connectivity index (χ2v) is 6.75. The molecule has 1 heterocycles. The summed E-state index contributed by atoms with van der Waals surface area (Å²) in [6.45, 7) is 0. The van der Waals surface area contributed by atoms with Crippen LogP contribution in [0.1, 0.15) is 16.8 Å². The Kier molecular flexibility index (Phi) is 5.04. The Balaban J connectivity index is 1.61. The van der Waals surface area contributed by atoms with Crippen LogP contribution in [0, 0.1) is 0 Å². The van der Waals surface area contributed by atoms with E-state index >= 15 is 0 Å². The minimum absolute atomic E-state index is 0.0715. The van der Waals surface area contributed by atoms with E-state index in [2.05, 4.69) is 16.0 Å².